The number of nitrogens with zero attached hydrogens (tertiary/aromatic N) is 1. The van der Waals surface area contributed by atoms with E-state index in [0.717, 1.165) is 25.1 Å². The molecule has 0 saturated heterocycles. The fourth-order valence-electron chi connectivity index (χ4n) is 1.96. The van der Waals surface area contributed by atoms with Crippen LogP contribution in [0.4, 0.5) is 10.5 Å². The molecule has 0 aliphatic rings. The van der Waals surface area contributed by atoms with Crippen molar-refractivity contribution in [3.05, 3.63) is 30.3 Å². The summed E-state index contributed by atoms with van der Waals surface area (Å²) < 4.78 is 4.48. The predicted octanol–water partition coefficient (Wildman–Crippen LogP) is 2.96. The number of nitrogens with one attached hydrogen (secondary N) is 1. The van der Waals surface area contributed by atoms with Crippen LogP contribution in [-0.4, -0.2) is 32.2 Å². The fourth-order valence-corrected chi connectivity index (χ4v) is 1.96. The van der Waals surface area contributed by atoms with Gasteiger partial charge in [-0.25, -0.2) is 4.79 Å². The number of rotatable bonds is 8. The molecule has 0 atom stereocenters. The third-order valence-electron chi connectivity index (χ3n) is 3.13. The van der Waals surface area contributed by atoms with Crippen molar-refractivity contribution in [3.63, 3.8) is 0 Å². The lowest BCUT2D eigenvalue weighted by Gasteiger charge is -2.22. The number of unbranched alkanes of at least 4 members (excludes halogenated alkanes) is 1. The average molecular weight is 292 g/mol. The molecule has 0 saturated carbocycles. The van der Waals surface area contributed by atoms with Crippen molar-refractivity contribution in [2.24, 2.45) is 0 Å². The van der Waals surface area contributed by atoms with Crippen LogP contribution in [0.15, 0.2) is 30.3 Å². The highest BCUT2D eigenvalue weighted by Gasteiger charge is 2.14. The SMILES string of the molecule is CCCCN(C(=O)CCCNC(=O)OC)c1ccccc1. The van der Waals surface area contributed by atoms with Gasteiger partial charge in [0.2, 0.25) is 5.91 Å². The second-order valence-corrected chi connectivity index (χ2v) is 4.76. The number of para-hydroxylation sites is 1. The molecule has 2 amide bonds. The molecule has 1 aromatic rings. The molecule has 1 rings (SSSR count). The molecule has 1 aromatic carbocycles. The Labute approximate surface area is 126 Å². The number of methoxy groups -OCH3 is 1. The van der Waals surface area contributed by atoms with Crippen molar-refractivity contribution in [2.75, 3.05) is 25.1 Å². The normalized spacial score (nSPS) is 10.0. The molecule has 1 N–H and O–H groups in total. The smallest absolute Gasteiger partial charge is 0.406 e. The highest BCUT2D eigenvalue weighted by Crippen LogP contribution is 2.16. The van der Waals surface area contributed by atoms with E-state index < -0.39 is 6.09 Å². The van der Waals surface area contributed by atoms with Crippen LogP contribution < -0.4 is 10.2 Å². The van der Waals surface area contributed by atoms with Crippen LogP contribution in [0.2, 0.25) is 0 Å². The summed E-state index contributed by atoms with van der Waals surface area (Å²) >= 11 is 0. The van der Waals surface area contributed by atoms with Gasteiger partial charge < -0.3 is 15.0 Å². The average Bonchev–Trinajstić information content (AvgIpc) is 2.52. The first-order chi connectivity index (χ1) is 10.2. The van der Waals surface area contributed by atoms with E-state index in [1.54, 1.807) is 0 Å². The van der Waals surface area contributed by atoms with Gasteiger partial charge in [-0.05, 0) is 25.0 Å². The number of amides is 2. The number of hydrogen-bond acceptors (Lipinski definition) is 3. The number of anilines is 1. The Morgan fingerprint density at radius 3 is 2.52 bits per heavy atom. The minimum Gasteiger partial charge on any atom is -0.453 e. The largest absolute Gasteiger partial charge is 0.453 e. The number of carbonyl (C=O) groups is 2. The van der Waals surface area contributed by atoms with Crippen molar-refractivity contribution in [1.29, 1.82) is 0 Å². The van der Waals surface area contributed by atoms with Gasteiger partial charge in [-0.1, -0.05) is 31.5 Å². The van der Waals surface area contributed by atoms with Crippen molar-refractivity contribution in [1.82, 2.24) is 5.32 Å². The van der Waals surface area contributed by atoms with E-state index in [1.165, 1.54) is 7.11 Å². The molecule has 0 spiro atoms. The van der Waals surface area contributed by atoms with Crippen LogP contribution in [0, 0.1) is 0 Å². The lowest BCUT2D eigenvalue weighted by atomic mass is 10.2. The molecule has 5 heteroatoms. The quantitative estimate of drug-likeness (QED) is 0.749. The third kappa shape index (κ3) is 6.29. The van der Waals surface area contributed by atoms with Gasteiger partial charge in [-0.3, -0.25) is 4.79 Å². The topological polar surface area (TPSA) is 58.6 Å². The van der Waals surface area contributed by atoms with Gasteiger partial charge in [-0.15, -0.1) is 0 Å². The molecule has 0 bridgehead atoms. The minimum absolute atomic E-state index is 0.0846. The lowest BCUT2D eigenvalue weighted by Crippen LogP contribution is -2.32. The van der Waals surface area contributed by atoms with Gasteiger partial charge in [0.05, 0.1) is 7.11 Å². The summed E-state index contributed by atoms with van der Waals surface area (Å²) in [5.74, 6) is 0.0846. The highest BCUT2D eigenvalue weighted by atomic mass is 16.5. The van der Waals surface area contributed by atoms with Gasteiger partial charge >= 0.3 is 6.09 Å². The Balaban J connectivity index is 2.50. The highest BCUT2D eigenvalue weighted by molar-refractivity contribution is 5.93. The second kappa shape index (κ2) is 9.80. The van der Waals surface area contributed by atoms with Crippen LogP contribution in [0.25, 0.3) is 0 Å². The van der Waals surface area contributed by atoms with Gasteiger partial charge in [-0.2, -0.15) is 0 Å². The lowest BCUT2D eigenvalue weighted by molar-refractivity contribution is -0.118. The molecule has 0 aromatic heterocycles. The number of ether oxygens (including phenoxy) is 1. The molecule has 0 unspecified atom stereocenters. The Morgan fingerprint density at radius 1 is 1.19 bits per heavy atom. The number of alkyl carbamates (subject to hydrolysis) is 1. The molecule has 5 nitrogen and oxygen atoms in total. The zero-order valence-corrected chi connectivity index (χ0v) is 12.8. The first-order valence-corrected chi connectivity index (χ1v) is 7.36. The maximum atomic E-state index is 12.3. The Morgan fingerprint density at radius 2 is 1.90 bits per heavy atom. The number of hydrogen-bond donors (Lipinski definition) is 1. The Bertz CT molecular complexity index is 434. The van der Waals surface area contributed by atoms with Crippen LogP contribution in [0.1, 0.15) is 32.6 Å². The third-order valence-corrected chi connectivity index (χ3v) is 3.13. The molecule has 0 aliphatic heterocycles. The summed E-state index contributed by atoms with van der Waals surface area (Å²) in [5.41, 5.74) is 0.928. The van der Waals surface area contributed by atoms with E-state index in [2.05, 4.69) is 17.0 Å². The molecular formula is C16H24N2O3. The predicted molar refractivity (Wildman–Crippen MR) is 83.3 cm³/mol. The summed E-state index contributed by atoms with van der Waals surface area (Å²) in [5, 5.41) is 2.58. The summed E-state index contributed by atoms with van der Waals surface area (Å²) in [6.07, 6.45) is 2.56. The molecule has 0 radical (unpaired) electrons. The maximum Gasteiger partial charge on any atom is 0.406 e. The molecule has 116 valence electrons. The molecule has 0 aliphatic carbocycles. The van der Waals surface area contributed by atoms with E-state index in [4.69, 9.17) is 0 Å². The zero-order valence-electron chi connectivity index (χ0n) is 12.8. The first-order valence-electron chi connectivity index (χ1n) is 7.36. The van der Waals surface area contributed by atoms with E-state index in [0.29, 0.717) is 19.4 Å². The van der Waals surface area contributed by atoms with E-state index in [9.17, 15) is 9.59 Å². The molecule has 21 heavy (non-hydrogen) atoms. The van der Waals surface area contributed by atoms with Crippen molar-refractivity contribution in [2.45, 2.75) is 32.6 Å². The van der Waals surface area contributed by atoms with E-state index in [1.807, 2.05) is 35.2 Å². The second-order valence-electron chi connectivity index (χ2n) is 4.76. The minimum atomic E-state index is -0.464. The van der Waals surface area contributed by atoms with Gasteiger partial charge in [0, 0.05) is 25.2 Å². The standard InChI is InChI=1S/C16H24N2O3/c1-3-4-13-18(14-9-6-5-7-10-14)15(19)11-8-12-17-16(20)21-2/h5-7,9-10H,3-4,8,11-13H2,1-2H3,(H,17,20). The van der Waals surface area contributed by atoms with Crippen LogP contribution in [-0.2, 0) is 9.53 Å². The monoisotopic (exact) mass is 292 g/mol. The van der Waals surface area contributed by atoms with Gasteiger partial charge in [0.1, 0.15) is 0 Å². The molecule has 0 fully saturated rings. The van der Waals surface area contributed by atoms with Gasteiger partial charge in [0.25, 0.3) is 0 Å². The fraction of sp³-hybridized carbons (Fsp3) is 0.500. The van der Waals surface area contributed by atoms with Gasteiger partial charge in [0.15, 0.2) is 0 Å². The van der Waals surface area contributed by atoms with Crippen molar-refractivity contribution >= 4 is 17.7 Å². The number of carbonyl (C=O) groups excluding carboxylic acids is 2. The first kappa shape index (κ1) is 17.0. The molecule has 0 heterocycles. The van der Waals surface area contributed by atoms with Crippen molar-refractivity contribution < 1.29 is 14.3 Å². The molecular weight excluding hydrogens is 268 g/mol. The van der Waals surface area contributed by atoms with Crippen molar-refractivity contribution in [3.8, 4) is 0 Å². The number of benzene rings is 1. The zero-order chi connectivity index (χ0) is 15.5. The van der Waals surface area contributed by atoms with Crippen LogP contribution >= 0.6 is 0 Å². The summed E-state index contributed by atoms with van der Waals surface area (Å²) in [6, 6.07) is 9.69. The van der Waals surface area contributed by atoms with Crippen LogP contribution in [0.5, 0.6) is 0 Å². The Kier molecular flexibility index (Phi) is 7.94. The summed E-state index contributed by atoms with van der Waals surface area (Å²) in [6.45, 7) is 3.27. The maximum absolute atomic E-state index is 12.3. The van der Waals surface area contributed by atoms with E-state index in [-0.39, 0.29) is 5.91 Å². The van der Waals surface area contributed by atoms with Crippen LogP contribution in [0.3, 0.4) is 0 Å². The Hall–Kier alpha value is -2.04. The van der Waals surface area contributed by atoms with E-state index >= 15 is 0 Å². The summed E-state index contributed by atoms with van der Waals surface area (Å²) in [7, 11) is 1.32. The summed E-state index contributed by atoms with van der Waals surface area (Å²) in [4.78, 5) is 25.1.